The fourth-order valence-electron chi connectivity index (χ4n) is 4.14. The van der Waals surface area contributed by atoms with Gasteiger partial charge in [0.15, 0.2) is 5.60 Å². The van der Waals surface area contributed by atoms with Crippen LogP contribution in [0, 0.1) is 34.6 Å². The molecule has 5 heteroatoms. The van der Waals surface area contributed by atoms with E-state index in [4.69, 9.17) is 9.47 Å². The molecular weight excluding hydrogens is 352 g/mol. The molecule has 0 aliphatic carbocycles. The van der Waals surface area contributed by atoms with Gasteiger partial charge in [-0.05, 0) is 82.3 Å². The summed E-state index contributed by atoms with van der Waals surface area (Å²) >= 11 is 0. The summed E-state index contributed by atoms with van der Waals surface area (Å²) in [6.45, 7) is 11.9. The van der Waals surface area contributed by atoms with Crippen molar-refractivity contribution < 1.29 is 14.3 Å². The van der Waals surface area contributed by atoms with Crippen molar-refractivity contribution in [2.24, 2.45) is 0 Å². The Morgan fingerprint density at radius 2 is 1.82 bits per heavy atom. The molecule has 150 valence electrons. The van der Waals surface area contributed by atoms with Gasteiger partial charge in [-0.3, -0.25) is 9.69 Å². The molecule has 1 aromatic carbocycles. The van der Waals surface area contributed by atoms with E-state index in [0.717, 1.165) is 51.4 Å². The summed E-state index contributed by atoms with van der Waals surface area (Å²) in [5.74, 6) is 2.30. The van der Waals surface area contributed by atoms with Gasteiger partial charge in [0.05, 0.1) is 7.11 Å². The molecule has 1 aliphatic rings. The average Bonchev–Trinajstić information content (AvgIpc) is 2.64. The quantitative estimate of drug-likeness (QED) is 0.791. The number of hydrogen-bond donors (Lipinski definition) is 0. The van der Waals surface area contributed by atoms with E-state index in [2.05, 4.69) is 11.9 Å². The molecule has 0 saturated carbocycles. The summed E-state index contributed by atoms with van der Waals surface area (Å²) < 4.78 is 12.0. The Labute approximate surface area is 167 Å². The molecule has 1 atom stereocenters. The fraction of sp³-hybridized carbons (Fsp3) is 0.478. The summed E-state index contributed by atoms with van der Waals surface area (Å²) in [6.07, 6.45) is 1.38. The fourth-order valence-corrected chi connectivity index (χ4v) is 4.14. The lowest BCUT2D eigenvalue weighted by Crippen LogP contribution is -2.52. The van der Waals surface area contributed by atoms with E-state index in [0.29, 0.717) is 12.2 Å². The minimum absolute atomic E-state index is 0.0822. The van der Waals surface area contributed by atoms with E-state index in [1.807, 2.05) is 46.8 Å². The molecule has 0 N–H and O–H groups in total. The molecule has 5 nitrogen and oxygen atoms in total. The van der Waals surface area contributed by atoms with Crippen molar-refractivity contribution in [3.8, 4) is 11.5 Å². The lowest BCUT2D eigenvalue weighted by Gasteiger charge is -2.38. The Kier molecular flexibility index (Phi) is 5.13. The maximum absolute atomic E-state index is 13.4. The molecule has 0 bridgehead atoms. The lowest BCUT2D eigenvalue weighted by atomic mass is 9.86. The minimum atomic E-state index is -0.931. The number of pyridine rings is 1. The van der Waals surface area contributed by atoms with Crippen LogP contribution in [0.4, 0.5) is 5.82 Å². The predicted molar refractivity (Wildman–Crippen MR) is 112 cm³/mol. The smallest absolute Gasteiger partial charge is 0.271 e. The Balaban J connectivity index is 1.98. The second kappa shape index (κ2) is 7.12. The van der Waals surface area contributed by atoms with Gasteiger partial charge < -0.3 is 9.47 Å². The molecular formula is C23H30N2O3. The van der Waals surface area contributed by atoms with Crippen LogP contribution in [0.25, 0.3) is 0 Å². The summed E-state index contributed by atoms with van der Waals surface area (Å²) in [7, 11) is 3.47. The highest BCUT2D eigenvalue weighted by atomic mass is 16.5. The normalized spacial score (nSPS) is 18.3. The highest BCUT2D eigenvalue weighted by Crippen LogP contribution is 2.44. The first-order chi connectivity index (χ1) is 13.1. The van der Waals surface area contributed by atoms with Crippen molar-refractivity contribution in [3.63, 3.8) is 0 Å². The SMILES string of the molecule is COc1c(C)c(C)c2c(c1C)CCC(C)(C(=O)N(C)c1cc(C)cc(C)n1)O2. The first-order valence-corrected chi connectivity index (χ1v) is 9.68. The Morgan fingerprint density at radius 3 is 2.43 bits per heavy atom. The zero-order chi connectivity index (χ0) is 20.8. The van der Waals surface area contributed by atoms with Gasteiger partial charge in [0, 0.05) is 24.7 Å². The third-order valence-corrected chi connectivity index (χ3v) is 5.88. The molecule has 1 unspecified atom stereocenters. The number of methoxy groups -OCH3 is 1. The maximum Gasteiger partial charge on any atom is 0.271 e. The Morgan fingerprint density at radius 1 is 1.14 bits per heavy atom. The molecule has 0 fully saturated rings. The van der Waals surface area contributed by atoms with Gasteiger partial charge in [0.1, 0.15) is 17.3 Å². The molecule has 2 heterocycles. The van der Waals surface area contributed by atoms with E-state index in [9.17, 15) is 4.79 Å². The largest absolute Gasteiger partial charge is 0.496 e. The van der Waals surface area contributed by atoms with E-state index in [-0.39, 0.29) is 5.91 Å². The van der Waals surface area contributed by atoms with Crippen molar-refractivity contribution in [1.82, 2.24) is 4.98 Å². The zero-order valence-electron chi connectivity index (χ0n) is 18.2. The van der Waals surface area contributed by atoms with Gasteiger partial charge in [0.2, 0.25) is 0 Å². The van der Waals surface area contributed by atoms with Crippen LogP contribution in [0.3, 0.4) is 0 Å². The third kappa shape index (κ3) is 3.23. The summed E-state index contributed by atoms with van der Waals surface area (Å²) in [5, 5.41) is 0. The first-order valence-electron chi connectivity index (χ1n) is 9.68. The lowest BCUT2D eigenvalue weighted by molar-refractivity contribution is -0.133. The van der Waals surface area contributed by atoms with Gasteiger partial charge in [-0.15, -0.1) is 0 Å². The monoisotopic (exact) mass is 382 g/mol. The van der Waals surface area contributed by atoms with Crippen LogP contribution in [0.15, 0.2) is 12.1 Å². The molecule has 3 rings (SSSR count). The highest BCUT2D eigenvalue weighted by Gasteiger charge is 2.43. The number of nitrogens with zero attached hydrogens (tertiary/aromatic N) is 2. The molecule has 2 aromatic rings. The number of likely N-dealkylation sites (N-methyl/N-ethyl adjacent to an activating group) is 1. The second-order valence-electron chi connectivity index (χ2n) is 8.06. The van der Waals surface area contributed by atoms with Gasteiger partial charge in [-0.1, -0.05) is 0 Å². The van der Waals surface area contributed by atoms with E-state index < -0.39 is 5.60 Å². The number of carbonyl (C=O) groups is 1. The molecule has 0 radical (unpaired) electrons. The van der Waals surface area contributed by atoms with E-state index in [1.54, 1.807) is 19.1 Å². The highest BCUT2D eigenvalue weighted by molar-refractivity contribution is 5.98. The van der Waals surface area contributed by atoms with Crippen LogP contribution in [0.2, 0.25) is 0 Å². The van der Waals surface area contributed by atoms with Crippen LogP contribution in [0.1, 0.15) is 46.9 Å². The number of aromatic nitrogens is 1. The van der Waals surface area contributed by atoms with Gasteiger partial charge in [0.25, 0.3) is 5.91 Å². The number of benzene rings is 1. The standard InChI is InChI=1S/C23H30N2O3/c1-13-11-14(2)24-19(12-13)25(7)22(26)23(6)10-9-18-17(5)20(27-8)15(3)16(4)21(18)28-23/h11-12H,9-10H2,1-8H3. The first kappa shape index (κ1) is 20.2. The number of fused-ring (bicyclic) bond motifs is 1. The topological polar surface area (TPSA) is 51.7 Å². The molecule has 1 aromatic heterocycles. The third-order valence-electron chi connectivity index (χ3n) is 5.88. The number of hydrogen-bond acceptors (Lipinski definition) is 4. The Hall–Kier alpha value is -2.56. The van der Waals surface area contributed by atoms with Crippen LogP contribution < -0.4 is 14.4 Å². The van der Waals surface area contributed by atoms with Crippen molar-refractivity contribution in [2.45, 2.75) is 60.0 Å². The average molecular weight is 383 g/mol. The number of aryl methyl sites for hydroxylation is 2. The Bertz CT molecular complexity index is 931. The number of amides is 1. The van der Waals surface area contributed by atoms with Crippen LogP contribution in [0.5, 0.6) is 11.5 Å². The van der Waals surface area contributed by atoms with E-state index >= 15 is 0 Å². The van der Waals surface area contributed by atoms with Crippen molar-refractivity contribution in [3.05, 3.63) is 45.6 Å². The van der Waals surface area contributed by atoms with Crippen LogP contribution in [-0.2, 0) is 11.2 Å². The second-order valence-corrected chi connectivity index (χ2v) is 8.06. The van der Waals surface area contributed by atoms with Crippen LogP contribution in [-0.4, -0.2) is 30.6 Å². The zero-order valence-corrected chi connectivity index (χ0v) is 18.2. The number of ether oxygens (including phenoxy) is 2. The van der Waals surface area contributed by atoms with Gasteiger partial charge >= 0.3 is 0 Å². The van der Waals surface area contributed by atoms with Crippen molar-refractivity contribution in [1.29, 1.82) is 0 Å². The summed E-state index contributed by atoms with van der Waals surface area (Å²) in [5.41, 5.74) is 5.36. The predicted octanol–water partition coefficient (Wildman–Crippen LogP) is 4.38. The van der Waals surface area contributed by atoms with E-state index in [1.165, 1.54) is 0 Å². The van der Waals surface area contributed by atoms with Crippen LogP contribution >= 0.6 is 0 Å². The summed E-state index contributed by atoms with van der Waals surface area (Å²) in [4.78, 5) is 19.5. The summed E-state index contributed by atoms with van der Waals surface area (Å²) in [6, 6.07) is 3.93. The molecule has 28 heavy (non-hydrogen) atoms. The molecule has 0 saturated heterocycles. The van der Waals surface area contributed by atoms with Crippen molar-refractivity contribution >= 4 is 11.7 Å². The number of carbonyl (C=O) groups excluding carboxylic acids is 1. The van der Waals surface area contributed by atoms with Gasteiger partial charge in [-0.2, -0.15) is 0 Å². The minimum Gasteiger partial charge on any atom is -0.496 e. The number of rotatable bonds is 3. The number of anilines is 1. The molecule has 1 aliphatic heterocycles. The van der Waals surface area contributed by atoms with Gasteiger partial charge in [-0.25, -0.2) is 4.98 Å². The maximum atomic E-state index is 13.4. The van der Waals surface area contributed by atoms with Crippen molar-refractivity contribution in [2.75, 3.05) is 19.1 Å². The molecule has 0 spiro atoms. The molecule has 1 amide bonds.